The van der Waals surface area contributed by atoms with Crippen LogP contribution in [0, 0.1) is 23.7 Å². The molecular formula is C17H19N3S. The fourth-order valence-corrected chi connectivity index (χ4v) is 4.31. The summed E-state index contributed by atoms with van der Waals surface area (Å²) in [7, 11) is 0. The molecular weight excluding hydrogens is 278 g/mol. The first-order valence-corrected chi connectivity index (χ1v) is 8.24. The van der Waals surface area contributed by atoms with E-state index >= 15 is 0 Å². The highest BCUT2D eigenvalue weighted by molar-refractivity contribution is 7.10. The fraction of sp³-hybridized carbons (Fsp3) is 0.412. The first-order valence-electron chi connectivity index (χ1n) is 7.47. The van der Waals surface area contributed by atoms with E-state index in [4.69, 9.17) is 5.41 Å². The number of rotatable bonds is 4. The molecule has 108 valence electrons. The molecule has 0 saturated heterocycles. The van der Waals surface area contributed by atoms with Gasteiger partial charge in [0, 0.05) is 17.5 Å². The summed E-state index contributed by atoms with van der Waals surface area (Å²) in [6.07, 6.45) is 4.15. The zero-order valence-corrected chi connectivity index (χ0v) is 13.1. The maximum atomic E-state index is 7.59. The van der Waals surface area contributed by atoms with Gasteiger partial charge in [0.25, 0.3) is 0 Å². The first-order chi connectivity index (χ1) is 10.1. The Hall–Kier alpha value is -1.68. The first kappa shape index (κ1) is 13.0. The third-order valence-electron chi connectivity index (χ3n) is 5.15. The molecule has 1 spiro atoms. The van der Waals surface area contributed by atoms with Crippen molar-refractivity contribution in [2.75, 3.05) is 5.32 Å². The second-order valence-corrected chi connectivity index (χ2v) is 7.35. The summed E-state index contributed by atoms with van der Waals surface area (Å²) in [6, 6.07) is 8.55. The molecule has 4 heteroatoms. The number of hydrogen-bond acceptors (Lipinski definition) is 4. The molecule has 0 bridgehead atoms. The van der Waals surface area contributed by atoms with Gasteiger partial charge in [-0.15, -0.1) is 0 Å². The van der Waals surface area contributed by atoms with Gasteiger partial charge in [-0.25, -0.2) is 0 Å². The van der Waals surface area contributed by atoms with Crippen molar-refractivity contribution in [1.29, 1.82) is 5.41 Å². The Kier molecular flexibility index (Phi) is 2.73. The molecule has 0 radical (unpaired) electrons. The third kappa shape index (κ3) is 2.09. The van der Waals surface area contributed by atoms with Crippen molar-refractivity contribution in [3.63, 3.8) is 0 Å². The van der Waals surface area contributed by atoms with Crippen LogP contribution in [0.5, 0.6) is 0 Å². The van der Waals surface area contributed by atoms with Gasteiger partial charge in [0.2, 0.25) is 0 Å². The molecule has 4 rings (SSSR count). The number of aromatic nitrogens is 1. The molecule has 3 unspecified atom stereocenters. The van der Waals surface area contributed by atoms with Crippen LogP contribution in [0.1, 0.15) is 42.5 Å². The zero-order chi connectivity index (χ0) is 14.6. The van der Waals surface area contributed by atoms with Crippen LogP contribution >= 0.6 is 11.5 Å². The van der Waals surface area contributed by atoms with Crippen LogP contribution < -0.4 is 5.32 Å². The molecule has 1 aromatic carbocycles. The van der Waals surface area contributed by atoms with Gasteiger partial charge in [-0.05, 0) is 66.2 Å². The van der Waals surface area contributed by atoms with E-state index in [-0.39, 0.29) is 0 Å². The minimum absolute atomic E-state index is 0.630. The Morgan fingerprint density at radius 3 is 2.76 bits per heavy atom. The number of hydrogen-bond donors (Lipinski definition) is 2. The van der Waals surface area contributed by atoms with E-state index in [1.165, 1.54) is 36.2 Å². The average molecular weight is 297 g/mol. The molecule has 2 saturated carbocycles. The lowest BCUT2D eigenvalue weighted by Crippen LogP contribution is -1.96. The van der Waals surface area contributed by atoms with Crippen molar-refractivity contribution in [2.45, 2.75) is 32.6 Å². The van der Waals surface area contributed by atoms with Crippen LogP contribution in [0.15, 0.2) is 24.3 Å². The molecule has 1 aromatic heterocycles. The van der Waals surface area contributed by atoms with E-state index in [9.17, 15) is 0 Å². The maximum absolute atomic E-state index is 7.59. The highest BCUT2D eigenvalue weighted by Crippen LogP contribution is 2.78. The Labute approximate surface area is 129 Å². The van der Waals surface area contributed by atoms with E-state index in [2.05, 4.69) is 34.8 Å². The summed E-state index contributed by atoms with van der Waals surface area (Å²) < 4.78 is 4.30. The van der Waals surface area contributed by atoms with Crippen LogP contribution in [0.2, 0.25) is 0 Å². The predicted molar refractivity (Wildman–Crippen MR) is 88.0 cm³/mol. The minimum atomic E-state index is 0.630. The monoisotopic (exact) mass is 297 g/mol. The SMILES string of the molecule is Cc1cc(Nc2cc(C3CC34CC4C)ccc2C=N)sn1. The van der Waals surface area contributed by atoms with E-state index < -0.39 is 0 Å². The van der Waals surface area contributed by atoms with Crippen LogP contribution in [0.4, 0.5) is 10.7 Å². The number of nitrogens with zero attached hydrogens (tertiary/aromatic N) is 1. The van der Waals surface area contributed by atoms with Crippen molar-refractivity contribution >= 4 is 28.4 Å². The van der Waals surface area contributed by atoms with Crippen LogP contribution in [0.25, 0.3) is 0 Å². The predicted octanol–water partition coefficient (Wildman–Crippen LogP) is 4.71. The summed E-state index contributed by atoms with van der Waals surface area (Å²) >= 11 is 1.47. The molecule has 2 N–H and O–H groups in total. The van der Waals surface area contributed by atoms with Gasteiger partial charge in [0.05, 0.1) is 5.69 Å². The molecule has 21 heavy (non-hydrogen) atoms. The number of benzene rings is 1. The van der Waals surface area contributed by atoms with Gasteiger partial charge in [-0.3, -0.25) is 0 Å². The quantitative estimate of drug-likeness (QED) is 0.803. The van der Waals surface area contributed by atoms with Gasteiger partial charge in [0.1, 0.15) is 5.00 Å². The van der Waals surface area contributed by atoms with Crippen molar-refractivity contribution in [2.24, 2.45) is 11.3 Å². The van der Waals surface area contributed by atoms with Gasteiger partial charge >= 0.3 is 0 Å². The average Bonchev–Trinajstić information content (AvgIpc) is 3.30. The van der Waals surface area contributed by atoms with Crippen molar-refractivity contribution in [3.05, 3.63) is 41.1 Å². The summed E-state index contributed by atoms with van der Waals surface area (Å²) in [5.74, 6) is 1.63. The summed E-state index contributed by atoms with van der Waals surface area (Å²) in [6.45, 7) is 4.36. The largest absolute Gasteiger partial charge is 0.345 e. The highest BCUT2D eigenvalue weighted by atomic mass is 32.1. The van der Waals surface area contributed by atoms with Crippen molar-refractivity contribution in [1.82, 2.24) is 4.37 Å². The summed E-state index contributed by atoms with van der Waals surface area (Å²) in [4.78, 5) is 0. The second-order valence-electron chi connectivity index (χ2n) is 6.54. The topological polar surface area (TPSA) is 48.8 Å². The Morgan fingerprint density at radius 1 is 1.38 bits per heavy atom. The van der Waals surface area contributed by atoms with Crippen molar-refractivity contribution < 1.29 is 0 Å². The summed E-state index contributed by atoms with van der Waals surface area (Å²) in [5, 5.41) is 12.1. The zero-order valence-electron chi connectivity index (χ0n) is 12.3. The van der Waals surface area contributed by atoms with E-state index in [0.717, 1.165) is 33.8 Å². The van der Waals surface area contributed by atoms with Gasteiger partial charge in [0.15, 0.2) is 0 Å². The molecule has 3 nitrogen and oxygen atoms in total. The van der Waals surface area contributed by atoms with E-state index in [1.54, 1.807) is 0 Å². The van der Waals surface area contributed by atoms with Crippen LogP contribution in [-0.2, 0) is 0 Å². The van der Waals surface area contributed by atoms with Crippen LogP contribution in [-0.4, -0.2) is 10.6 Å². The van der Waals surface area contributed by atoms with Gasteiger partial charge in [-0.2, -0.15) is 4.37 Å². The lowest BCUT2D eigenvalue weighted by Gasteiger charge is -2.10. The third-order valence-corrected chi connectivity index (χ3v) is 5.94. The molecule has 2 aliphatic rings. The van der Waals surface area contributed by atoms with Crippen molar-refractivity contribution in [3.8, 4) is 0 Å². The lowest BCUT2D eigenvalue weighted by atomic mass is 10.0. The van der Waals surface area contributed by atoms with Crippen LogP contribution in [0.3, 0.4) is 0 Å². The molecule has 2 aromatic rings. The molecule has 2 fully saturated rings. The Morgan fingerprint density at radius 2 is 2.19 bits per heavy atom. The van der Waals surface area contributed by atoms with E-state index in [1.807, 2.05) is 13.0 Å². The Balaban J connectivity index is 1.63. The number of anilines is 2. The molecule has 0 amide bonds. The normalized spacial score (nSPS) is 29.4. The minimum Gasteiger partial charge on any atom is -0.345 e. The molecule has 3 atom stereocenters. The summed E-state index contributed by atoms with van der Waals surface area (Å²) in [5.41, 5.74) is 5.05. The number of aryl methyl sites for hydroxylation is 1. The van der Waals surface area contributed by atoms with Gasteiger partial charge in [-0.1, -0.05) is 19.1 Å². The van der Waals surface area contributed by atoms with Gasteiger partial charge < -0.3 is 10.7 Å². The maximum Gasteiger partial charge on any atom is 0.114 e. The Bertz CT molecular complexity index is 721. The highest BCUT2D eigenvalue weighted by Gasteiger charge is 2.68. The molecule has 1 heterocycles. The second kappa shape index (κ2) is 4.41. The lowest BCUT2D eigenvalue weighted by molar-refractivity contribution is 0.738. The number of nitrogens with one attached hydrogen (secondary N) is 2. The molecule has 2 aliphatic carbocycles. The standard InChI is InChI=1S/C17H19N3S/c1-10-7-17(10)8-14(17)12-3-4-13(9-18)15(6-12)19-16-5-11(2)20-21-16/h3-6,9-10,14,18-19H,7-8H2,1-2H3. The smallest absolute Gasteiger partial charge is 0.114 e. The van der Waals surface area contributed by atoms with E-state index in [0.29, 0.717) is 5.41 Å². The molecule has 0 aliphatic heterocycles. The fourth-order valence-electron chi connectivity index (χ4n) is 3.63.